The predicted molar refractivity (Wildman–Crippen MR) is 127 cm³/mol. The van der Waals surface area contributed by atoms with E-state index in [1.54, 1.807) is 24.1 Å². The summed E-state index contributed by atoms with van der Waals surface area (Å²) in [4.78, 5) is 28.8. The summed E-state index contributed by atoms with van der Waals surface area (Å²) in [6, 6.07) is 15.4. The van der Waals surface area contributed by atoms with Gasteiger partial charge in [0.15, 0.2) is 0 Å². The largest absolute Gasteiger partial charge is 0.492 e. The Bertz CT molecular complexity index is 1320. The van der Waals surface area contributed by atoms with Crippen molar-refractivity contribution in [1.82, 2.24) is 13.9 Å². The molecule has 0 unspecified atom stereocenters. The highest BCUT2D eigenvalue weighted by molar-refractivity contribution is 7.89. The van der Waals surface area contributed by atoms with Crippen LogP contribution in [0.3, 0.4) is 0 Å². The molecule has 0 aliphatic rings. The number of anilines is 2. The number of hydrogen-bond donors (Lipinski definition) is 2. The molecule has 0 atom stereocenters. The molecular formula is C22H27N5O5S. The first kappa shape index (κ1) is 24.1. The Kier molecular flexibility index (Phi) is 7.24. The number of likely N-dealkylation sites (N-methyl/N-ethyl adjacent to an activating group) is 1. The van der Waals surface area contributed by atoms with Crippen molar-refractivity contribution in [3.05, 3.63) is 81.0 Å². The van der Waals surface area contributed by atoms with Gasteiger partial charge in [-0.1, -0.05) is 30.3 Å². The van der Waals surface area contributed by atoms with Crippen LogP contribution in [0.15, 0.2) is 69.1 Å². The third-order valence-corrected chi connectivity index (χ3v) is 6.91. The van der Waals surface area contributed by atoms with E-state index in [4.69, 9.17) is 10.5 Å². The van der Waals surface area contributed by atoms with Crippen LogP contribution in [-0.2, 0) is 16.6 Å². The summed E-state index contributed by atoms with van der Waals surface area (Å²) in [6.45, 7) is 0.726. The third-order valence-electron chi connectivity index (χ3n) is 5.08. The minimum Gasteiger partial charge on any atom is -0.492 e. The number of nitrogens with one attached hydrogen (secondary N) is 1. The number of benzene rings is 2. The van der Waals surface area contributed by atoms with Crippen molar-refractivity contribution in [1.29, 1.82) is 0 Å². The highest BCUT2D eigenvalue weighted by Crippen LogP contribution is 2.19. The average molecular weight is 474 g/mol. The second-order valence-corrected chi connectivity index (χ2v) is 9.75. The summed E-state index contributed by atoms with van der Waals surface area (Å²) in [7, 11) is 1.09. The Labute approximate surface area is 191 Å². The molecule has 0 fully saturated rings. The van der Waals surface area contributed by atoms with E-state index in [2.05, 4.69) is 4.98 Å². The van der Waals surface area contributed by atoms with E-state index in [0.717, 1.165) is 9.87 Å². The molecule has 1 aromatic heterocycles. The Morgan fingerprint density at radius 2 is 1.64 bits per heavy atom. The van der Waals surface area contributed by atoms with Crippen LogP contribution in [-0.4, -0.2) is 56.6 Å². The molecule has 0 saturated carbocycles. The number of nitrogens with zero attached hydrogens (tertiary/aromatic N) is 3. The smallest absolute Gasteiger partial charge is 0.330 e. The van der Waals surface area contributed by atoms with E-state index in [0.29, 0.717) is 12.3 Å². The van der Waals surface area contributed by atoms with Crippen molar-refractivity contribution in [3.63, 3.8) is 0 Å². The highest BCUT2D eigenvalue weighted by Gasteiger charge is 2.18. The number of rotatable bonds is 9. The minimum absolute atomic E-state index is 0.0633. The number of hydrogen-bond acceptors (Lipinski definition) is 7. The lowest BCUT2D eigenvalue weighted by Gasteiger charge is -2.22. The summed E-state index contributed by atoms with van der Waals surface area (Å²) < 4.78 is 32.4. The Morgan fingerprint density at radius 1 is 1.00 bits per heavy atom. The summed E-state index contributed by atoms with van der Waals surface area (Å²) >= 11 is 0. The van der Waals surface area contributed by atoms with Gasteiger partial charge in [0.2, 0.25) is 10.0 Å². The lowest BCUT2D eigenvalue weighted by Crippen LogP contribution is -2.38. The minimum atomic E-state index is -3.51. The highest BCUT2D eigenvalue weighted by atomic mass is 32.2. The first-order valence-corrected chi connectivity index (χ1v) is 11.6. The van der Waals surface area contributed by atoms with Gasteiger partial charge in [-0.2, -0.15) is 0 Å². The number of nitrogen functional groups attached to an aromatic ring is 1. The van der Waals surface area contributed by atoms with E-state index in [9.17, 15) is 18.0 Å². The number of nitrogens with two attached hydrogens (primary N) is 1. The maximum atomic E-state index is 12.4. The molecule has 10 nitrogen and oxygen atoms in total. The molecule has 33 heavy (non-hydrogen) atoms. The number of H-pyrrole nitrogens is 1. The summed E-state index contributed by atoms with van der Waals surface area (Å²) in [5, 5.41) is 0. The SMILES string of the molecule is CN(CCOc1ccc(S(=O)(=O)N(C)C)cc1)c1c(N)n(Cc2ccccc2)c(=O)[nH]c1=O. The number of aromatic nitrogens is 2. The first-order chi connectivity index (χ1) is 15.6. The van der Waals surface area contributed by atoms with Gasteiger partial charge in [-0.25, -0.2) is 17.5 Å². The Morgan fingerprint density at radius 3 is 2.24 bits per heavy atom. The number of aromatic amines is 1. The third kappa shape index (κ3) is 5.44. The van der Waals surface area contributed by atoms with Gasteiger partial charge >= 0.3 is 5.69 Å². The molecule has 3 N–H and O–H groups in total. The van der Waals surface area contributed by atoms with Gasteiger partial charge in [-0.05, 0) is 29.8 Å². The zero-order chi connectivity index (χ0) is 24.2. The van der Waals surface area contributed by atoms with Gasteiger partial charge in [0.25, 0.3) is 5.56 Å². The summed E-state index contributed by atoms with van der Waals surface area (Å²) in [5.74, 6) is 0.547. The molecule has 0 aliphatic heterocycles. The van der Waals surface area contributed by atoms with Crippen molar-refractivity contribution in [2.45, 2.75) is 11.4 Å². The molecule has 0 amide bonds. The second kappa shape index (κ2) is 9.92. The van der Waals surface area contributed by atoms with Crippen LogP contribution < -0.4 is 26.6 Å². The van der Waals surface area contributed by atoms with Crippen LogP contribution in [0.4, 0.5) is 11.5 Å². The topological polar surface area (TPSA) is 131 Å². The fraction of sp³-hybridized carbons (Fsp3) is 0.273. The molecule has 0 saturated heterocycles. The maximum absolute atomic E-state index is 12.4. The van der Waals surface area contributed by atoms with Gasteiger partial charge in [0.1, 0.15) is 23.9 Å². The van der Waals surface area contributed by atoms with E-state index in [1.807, 2.05) is 30.3 Å². The van der Waals surface area contributed by atoms with Crippen molar-refractivity contribution >= 4 is 21.5 Å². The monoisotopic (exact) mass is 473 g/mol. The van der Waals surface area contributed by atoms with Crippen LogP contribution >= 0.6 is 0 Å². The molecule has 0 radical (unpaired) electrons. The quantitative estimate of drug-likeness (QED) is 0.473. The van der Waals surface area contributed by atoms with Gasteiger partial charge in [0.05, 0.1) is 18.0 Å². The second-order valence-electron chi connectivity index (χ2n) is 7.59. The van der Waals surface area contributed by atoms with Crippen molar-refractivity contribution < 1.29 is 13.2 Å². The fourth-order valence-corrected chi connectivity index (χ4v) is 4.10. The van der Waals surface area contributed by atoms with Gasteiger partial charge in [-0.15, -0.1) is 0 Å². The lowest BCUT2D eigenvalue weighted by molar-refractivity contribution is 0.325. The lowest BCUT2D eigenvalue weighted by atomic mass is 10.2. The Hall–Kier alpha value is -3.57. The van der Waals surface area contributed by atoms with Gasteiger partial charge < -0.3 is 15.4 Å². The molecule has 0 aliphatic carbocycles. The van der Waals surface area contributed by atoms with Crippen LogP contribution in [0.25, 0.3) is 0 Å². The predicted octanol–water partition coefficient (Wildman–Crippen LogP) is 0.933. The average Bonchev–Trinajstić information content (AvgIpc) is 2.77. The van der Waals surface area contributed by atoms with Crippen LogP contribution in [0, 0.1) is 0 Å². The fourth-order valence-electron chi connectivity index (χ4n) is 3.20. The maximum Gasteiger partial charge on any atom is 0.330 e. The van der Waals surface area contributed by atoms with E-state index < -0.39 is 21.3 Å². The summed E-state index contributed by atoms with van der Waals surface area (Å²) in [5.41, 5.74) is 6.07. The van der Waals surface area contributed by atoms with Crippen LogP contribution in [0.2, 0.25) is 0 Å². The van der Waals surface area contributed by atoms with Crippen LogP contribution in [0.5, 0.6) is 5.75 Å². The first-order valence-electron chi connectivity index (χ1n) is 10.1. The molecule has 1 heterocycles. The summed E-state index contributed by atoms with van der Waals surface area (Å²) in [6.07, 6.45) is 0. The zero-order valence-electron chi connectivity index (χ0n) is 18.7. The molecule has 3 aromatic rings. The number of sulfonamides is 1. The zero-order valence-corrected chi connectivity index (χ0v) is 19.5. The molecular weight excluding hydrogens is 446 g/mol. The van der Waals surface area contributed by atoms with Crippen molar-refractivity contribution in [2.24, 2.45) is 0 Å². The molecule has 0 bridgehead atoms. The molecule has 11 heteroatoms. The Balaban J connectivity index is 1.70. The van der Waals surface area contributed by atoms with Crippen LogP contribution in [0.1, 0.15) is 5.56 Å². The number of ether oxygens (including phenoxy) is 1. The van der Waals surface area contributed by atoms with Gasteiger partial charge in [-0.3, -0.25) is 14.3 Å². The van der Waals surface area contributed by atoms with Crippen molar-refractivity contribution in [3.8, 4) is 5.75 Å². The normalized spacial score (nSPS) is 11.5. The molecule has 0 spiro atoms. The van der Waals surface area contributed by atoms with Gasteiger partial charge in [0, 0.05) is 21.1 Å². The van der Waals surface area contributed by atoms with Crippen molar-refractivity contribution in [2.75, 3.05) is 44.9 Å². The molecule has 2 aromatic carbocycles. The standard InChI is InChI=1S/C22H27N5O5S/c1-25(2)33(30,31)18-11-9-17(10-12-18)32-14-13-26(3)19-20(23)27(22(29)24-21(19)28)15-16-7-5-4-6-8-16/h4-12H,13-15,23H2,1-3H3,(H,24,28,29). The molecule has 176 valence electrons. The van der Waals surface area contributed by atoms with E-state index in [1.165, 1.54) is 30.8 Å². The van der Waals surface area contributed by atoms with E-state index in [-0.39, 0.29) is 29.6 Å². The van der Waals surface area contributed by atoms with E-state index >= 15 is 0 Å². The molecule has 3 rings (SSSR count).